The van der Waals surface area contributed by atoms with Crippen LogP contribution >= 0.6 is 0 Å². The van der Waals surface area contributed by atoms with Crippen LogP contribution in [0.15, 0.2) is 48.1 Å². The molecule has 4 heteroatoms. The molecule has 0 saturated carbocycles. The SMILES string of the molecule is CC(C)=CCC[C@H](O)/C=C/[C@@H]1C=CC(=O)[C@@H]1C/C=C\CCCC(=O)O. The van der Waals surface area contributed by atoms with Crippen molar-refractivity contribution in [2.24, 2.45) is 11.8 Å². The minimum atomic E-state index is -0.781. The number of carboxylic acid groups (broad SMARTS) is 1. The average Bonchev–Trinajstić information content (AvgIpc) is 2.88. The van der Waals surface area contributed by atoms with Crippen LogP contribution in [0.4, 0.5) is 0 Å². The number of aliphatic carboxylic acids is 1. The Morgan fingerprint density at radius 1 is 1.28 bits per heavy atom. The van der Waals surface area contributed by atoms with Crippen molar-refractivity contribution in [1.82, 2.24) is 0 Å². The number of hydrogen-bond donors (Lipinski definition) is 2. The van der Waals surface area contributed by atoms with E-state index in [1.807, 2.05) is 38.2 Å². The molecule has 0 heterocycles. The van der Waals surface area contributed by atoms with Crippen molar-refractivity contribution in [2.75, 3.05) is 0 Å². The maximum Gasteiger partial charge on any atom is 0.303 e. The van der Waals surface area contributed by atoms with Gasteiger partial charge in [-0.05, 0) is 52.0 Å². The second-order valence-corrected chi connectivity index (χ2v) is 6.75. The molecule has 0 amide bonds. The summed E-state index contributed by atoms with van der Waals surface area (Å²) in [5, 5.41) is 18.6. The van der Waals surface area contributed by atoms with Gasteiger partial charge in [-0.15, -0.1) is 0 Å². The summed E-state index contributed by atoms with van der Waals surface area (Å²) in [7, 11) is 0. The van der Waals surface area contributed by atoms with Crippen molar-refractivity contribution >= 4 is 11.8 Å². The molecule has 1 rings (SSSR count). The highest BCUT2D eigenvalue weighted by molar-refractivity contribution is 5.95. The third-order valence-corrected chi connectivity index (χ3v) is 4.20. The highest BCUT2D eigenvalue weighted by atomic mass is 16.4. The van der Waals surface area contributed by atoms with Crippen LogP contribution in [-0.2, 0) is 9.59 Å². The van der Waals surface area contributed by atoms with Gasteiger partial charge in [0.25, 0.3) is 0 Å². The number of carboxylic acids is 1. The van der Waals surface area contributed by atoms with Crippen molar-refractivity contribution in [3.05, 3.63) is 48.1 Å². The van der Waals surface area contributed by atoms with E-state index in [2.05, 4.69) is 6.08 Å². The standard InChI is InChI=1S/C21H30O4/c1-16(2)8-7-9-18(22)14-12-17-13-15-20(23)19(17)10-5-3-4-6-11-21(24)25/h3,5,8,12-15,17-19,22H,4,6-7,9-11H2,1-2H3,(H,24,25)/b5-3-,14-12+/t17-,18+,19-/m1/s1. The number of ketones is 1. The second-order valence-electron chi connectivity index (χ2n) is 6.75. The van der Waals surface area contributed by atoms with Gasteiger partial charge in [0, 0.05) is 18.3 Å². The molecule has 0 aromatic carbocycles. The minimum Gasteiger partial charge on any atom is -0.481 e. The average molecular weight is 346 g/mol. The summed E-state index contributed by atoms with van der Waals surface area (Å²) in [5.74, 6) is -0.757. The van der Waals surface area contributed by atoms with Gasteiger partial charge in [-0.2, -0.15) is 0 Å². The maximum atomic E-state index is 12.0. The number of carbonyl (C=O) groups is 2. The lowest BCUT2D eigenvalue weighted by Crippen LogP contribution is -2.14. The zero-order chi connectivity index (χ0) is 18.7. The van der Waals surface area contributed by atoms with E-state index in [1.54, 1.807) is 12.2 Å². The lowest BCUT2D eigenvalue weighted by atomic mass is 9.90. The fourth-order valence-electron chi connectivity index (χ4n) is 2.75. The van der Waals surface area contributed by atoms with E-state index in [9.17, 15) is 14.7 Å². The van der Waals surface area contributed by atoms with Crippen LogP contribution in [0.5, 0.6) is 0 Å². The molecule has 1 aliphatic carbocycles. The van der Waals surface area contributed by atoms with E-state index in [4.69, 9.17) is 5.11 Å². The largest absolute Gasteiger partial charge is 0.481 e. The summed E-state index contributed by atoms with van der Waals surface area (Å²) in [6.45, 7) is 4.08. The molecule has 0 fully saturated rings. The van der Waals surface area contributed by atoms with Crippen molar-refractivity contribution in [3.63, 3.8) is 0 Å². The summed E-state index contributed by atoms with van der Waals surface area (Å²) < 4.78 is 0. The predicted molar refractivity (Wildman–Crippen MR) is 100 cm³/mol. The Balaban J connectivity index is 2.41. The maximum absolute atomic E-state index is 12.0. The Morgan fingerprint density at radius 3 is 2.72 bits per heavy atom. The fourth-order valence-corrected chi connectivity index (χ4v) is 2.75. The smallest absolute Gasteiger partial charge is 0.303 e. The van der Waals surface area contributed by atoms with Gasteiger partial charge >= 0.3 is 5.97 Å². The number of unbranched alkanes of at least 4 members (excludes halogenated alkanes) is 1. The molecular formula is C21H30O4. The molecule has 2 N–H and O–H groups in total. The Kier molecular flexibility index (Phi) is 9.78. The summed E-state index contributed by atoms with van der Waals surface area (Å²) >= 11 is 0. The van der Waals surface area contributed by atoms with Crippen LogP contribution in [0, 0.1) is 11.8 Å². The number of rotatable bonds is 11. The molecule has 0 unspecified atom stereocenters. The molecule has 0 radical (unpaired) electrons. The highest BCUT2D eigenvalue weighted by Gasteiger charge is 2.27. The topological polar surface area (TPSA) is 74.6 Å². The van der Waals surface area contributed by atoms with E-state index < -0.39 is 12.1 Å². The molecule has 4 nitrogen and oxygen atoms in total. The first-order valence-electron chi connectivity index (χ1n) is 8.98. The van der Waals surface area contributed by atoms with Gasteiger partial charge in [-0.3, -0.25) is 9.59 Å². The van der Waals surface area contributed by atoms with Gasteiger partial charge in [0.1, 0.15) is 0 Å². The van der Waals surface area contributed by atoms with Crippen molar-refractivity contribution in [1.29, 1.82) is 0 Å². The van der Waals surface area contributed by atoms with Gasteiger partial charge in [0.2, 0.25) is 0 Å². The third kappa shape index (κ3) is 9.20. The molecule has 0 aromatic heterocycles. The molecule has 25 heavy (non-hydrogen) atoms. The van der Waals surface area contributed by atoms with E-state index in [0.29, 0.717) is 25.7 Å². The third-order valence-electron chi connectivity index (χ3n) is 4.20. The summed E-state index contributed by atoms with van der Waals surface area (Å²) in [4.78, 5) is 22.4. The van der Waals surface area contributed by atoms with Crippen molar-refractivity contribution in [2.45, 2.75) is 58.5 Å². The lowest BCUT2D eigenvalue weighted by Gasteiger charge is -2.13. The minimum absolute atomic E-state index is 0.0225. The number of carbonyl (C=O) groups excluding carboxylic acids is 1. The number of hydrogen-bond acceptors (Lipinski definition) is 3. The molecule has 3 atom stereocenters. The first kappa shape index (κ1) is 21.1. The Bertz CT molecular complexity index is 550. The highest BCUT2D eigenvalue weighted by Crippen LogP contribution is 2.27. The Hall–Kier alpha value is -1.94. The van der Waals surface area contributed by atoms with Crippen LogP contribution in [0.1, 0.15) is 52.4 Å². The van der Waals surface area contributed by atoms with Crippen LogP contribution in [0.2, 0.25) is 0 Å². The van der Waals surface area contributed by atoms with E-state index in [0.717, 1.165) is 6.42 Å². The van der Waals surface area contributed by atoms with Gasteiger partial charge in [0.15, 0.2) is 5.78 Å². The first-order valence-corrected chi connectivity index (χ1v) is 8.98. The number of allylic oxidation sites excluding steroid dienone is 7. The number of aliphatic hydroxyl groups is 1. The van der Waals surface area contributed by atoms with E-state index in [1.165, 1.54) is 5.57 Å². The fraction of sp³-hybridized carbons (Fsp3) is 0.524. The van der Waals surface area contributed by atoms with Gasteiger partial charge < -0.3 is 10.2 Å². The van der Waals surface area contributed by atoms with Crippen LogP contribution in [0.3, 0.4) is 0 Å². The molecule has 138 valence electrons. The molecule has 0 spiro atoms. The first-order chi connectivity index (χ1) is 11.9. The second kappa shape index (κ2) is 11.6. The molecule has 0 aliphatic heterocycles. The van der Waals surface area contributed by atoms with Gasteiger partial charge in [0.05, 0.1) is 6.10 Å². The molecule has 1 aliphatic rings. The van der Waals surface area contributed by atoms with Gasteiger partial charge in [-0.1, -0.05) is 42.0 Å². The summed E-state index contributed by atoms with van der Waals surface area (Å²) in [5.41, 5.74) is 1.25. The number of aliphatic hydroxyl groups excluding tert-OH is 1. The molecule has 0 saturated heterocycles. The van der Waals surface area contributed by atoms with Crippen molar-refractivity contribution < 1.29 is 19.8 Å². The van der Waals surface area contributed by atoms with E-state index >= 15 is 0 Å². The molecule has 0 bridgehead atoms. The van der Waals surface area contributed by atoms with Crippen LogP contribution in [-0.4, -0.2) is 28.1 Å². The van der Waals surface area contributed by atoms with Crippen molar-refractivity contribution in [3.8, 4) is 0 Å². The Morgan fingerprint density at radius 2 is 2.04 bits per heavy atom. The van der Waals surface area contributed by atoms with E-state index in [-0.39, 0.29) is 24.0 Å². The van der Waals surface area contributed by atoms with Crippen LogP contribution in [0.25, 0.3) is 0 Å². The van der Waals surface area contributed by atoms with Crippen LogP contribution < -0.4 is 0 Å². The quantitative estimate of drug-likeness (QED) is 0.434. The molecule has 0 aromatic rings. The summed E-state index contributed by atoms with van der Waals surface area (Å²) in [6.07, 6.45) is 16.4. The normalized spacial score (nSPS) is 21.3. The zero-order valence-electron chi connectivity index (χ0n) is 15.2. The predicted octanol–water partition coefficient (Wildman–Crippen LogP) is 4.22. The molecular weight excluding hydrogens is 316 g/mol. The summed E-state index contributed by atoms with van der Waals surface area (Å²) in [6, 6.07) is 0. The Labute approximate surface area is 150 Å². The zero-order valence-corrected chi connectivity index (χ0v) is 15.2. The van der Waals surface area contributed by atoms with Gasteiger partial charge in [-0.25, -0.2) is 0 Å². The lowest BCUT2D eigenvalue weighted by molar-refractivity contribution is -0.137. The monoisotopic (exact) mass is 346 g/mol.